The van der Waals surface area contributed by atoms with Crippen molar-refractivity contribution in [3.8, 4) is 0 Å². The number of Topliss-reactive ketones (excluding diaryl/α,β-unsaturated/α-hetero) is 1. The summed E-state index contributed by atoms with van der Waals surface area (Å²) >= 11 is 0. The number of hydrogen-bond donors (Lipinski definition) is 0. The molecule has 1 fully saturated rings. The van der Waals surface area contributed by atoms with Gasteiger partial charge in [0.05, 0.1) is 6.61 Å². The number of hydrogen-bond acceptors (Lipinski definition) is 4. The Morgan fingerprint density at radius 1 is 1.56 bits per heavy atom. The minimum absolute atomic E-state index is 0.151. The number of likely N-dealkylation sites (N-methyl/N-ethyl adjacent to an activating group) is 1. The molecule has 1 aromatic heterocycles. The summed E-state index contributed by atoms with van der Waals surface area (Å²) in [7, 11) is 2.01. The molecule has 0 spiro atoms. The molecule has 1 aromatic rings. The van der Waals surface area contributed by atoms with Gasteiger partial charge in [0.25, 0.3) is 0 Å². The van der Waals surface area contributed by atoms with Crippen LogP contribution < -0.4 is 0 Å². The molecule has 2 rings (SSSR count). The molecule has 0 amide bonds. The van der Waals surface area contributed by atoms with E-state index in [4.69, 9.17) is 4.74 Å². The molecule has 1 aliphatic rings. The molecule has 0 N–H and O–H groups in total. The highest BCUT2D eigenvalue weighted by Gasteiger charge is 2.24. The quantitative estimate of drug-likeness (QED) is 0.745. The summed E-state index contributed by atoms with van der Waals surface area (Å²) in [6.07, 6.45) is 3.57. The topological polar surface area (TPSA) is 42.4 Å². The lowest BCUT2D eigenvalue weighted by molar-refractivity contribution is -0.134. The summed E-state index contributed by atoms with van der Waals surface area (Å²) in [5, 5.41) is 0. The molecular weight excluding hydrogens is 204 g/mol. The number of ether oxygens (including phenoxy) is 1. The molecule has 1 saturated heterocycles. The Kier molecular flexibility index (Phi) is 3.64. The molecule has 1 aliphatic heterocycles. The summed E-state index contributed by atoms with van der Waals surface area (Å²) in [6, 6.07) is 3.73. The second-order valence-corrected chi connectivity index (χ2v) is 4.12. The highest BCUT2D eigenvalue weighted by molar-refractivity contribution is 5.85. The van der Waals surface area contributed by atoms with E-state index in [1.54, 1.807) is 12.4 Å². The molecule has 0 radical (unpaired) electrons. The van der Waals surface area contributed by atoms with Crippen molar-refractivity contribution in [3.63, 3.8) is 0 Å². The highest BCUT2D eigenvalue weighted by atomic mass is 16.5. The first-order chi connectivity index (χ1) is 7.75. The van der Waals surface area contributed by atoms with Crippen molar-refractivity contribution < 1.29 is 9.53 Å². The zero-order valence-electron chi connectivity index (χ0n) is 9.43. The van der Waals surface area contributed by atoms with Crippen LogP contribution in [0.25, 0.3) is 0 Å². The van der Waals surface area contributed by atoms with Crippen LogP contribution in [0.15, 0.2) is 24.5 Å². The second kappa shape index (κ2) is 5.18. The maximum Gasteiger partial charge on any atom is 0.167 e. The van der Waals surface area contributed by atoms with Crippen LogP contribution in [0.4, 0.5) is 0 Å². The smallest absolute Gasteiger partial charge is 0.167 e. The number of rotatable bonds is 3. The number of pyridine rings is 1. The molecule has 0 saturated carbocycles. The van der Waals surface area contributed by atoms with Gasteiger partial charge in [-0.05, 0) is 24.7 Å². The number of aromatic nitrogens is 1. The third kappa shape index (κ3) is 2.87. The van der Waals surface area contributed by atoms with E-state index < -0.39 is 0 Å². The number of morpholine rings is 1. The molecule has 0 aliphatic carbocycles. The molecule has 1 atom stereocenters. The molecule has 2 heterocycles. The van der Waals surface area contributed by atoms with E-state index in [2.05, 4.69) is 9.88 Å². The zero-order chi connectivity index (χ0) is 11.4. The number of ketones is 1. The van der Waals surface area contributed by atoms with Crippen molar-refractivity contribution in [1.29, 1.82) is 0 Å². The van der Waals surface area contributed by atoms with Gasteiger partial charge in [-0.2, -0.15) is 0 Å². The minimum Gasteiger partial charge on any atom is -0.368 e. The van der Waals surface area contributed by atoms with E-state index in [1.165, 1.54) is 0 Å². The maximum atomic E-state index is 11.9. The summed E-state index contributed by atoms with van der Waals surface area (Å²) in [5.74, 6) is 0.151. The third-order valence-corrected chi connectivity index (χ3v) is 2.76. The van der Waals surface area contributed by atoms with E-state index in [0.29, 0.717) is 19.6 Å². The monoisotopic (exact) mass is 220 g/mol. The second-order valence-electron chi connectivity index (χ2n) is 4.12. The first-order valence-electron chi connectivity index (χ1n) is 5.47. The number of nitrogens with zero attached hydrogens (tertiary/aromatic N) is 2. The molecular formula is C12H16N2O2. The van der Waals surface area contributed by atoms with Crippen LogP contribution in [0.3, 0.4) is 0 Å². The van der Waals surface area contributed by atoms with Crippen LogP contribution >= 0.6 is 0 Å². The van der Waals surface area contributed by atoms with Crippen molar-refractivity contribution in [2.75, 3.05) is 26.7 Å². The molecule has 4 nitrogen and oxygen atoms in total. The first-order valence-corrected chi connectivity index (χ1v) is 5.47. The largest absolute Gasteiger partial charge is 0.368 e. The minimum atomic E-state index is -0.271. The Balaban J connectivity index is 1.93. The fourth-order valence-electron chi connectivity index (χ4n) is 1.79. The fourth-order valence-corrected chi connectivity index (χ4v) is 1.79. The van der Waals surface area contributed by atoms with Gasteiger partial charge in [-0.25, -0.2) is 0 Å². The van der Waals surface area contributed by atoms with Gasteiger partial charge in [-0.1, -0.05) is 0 Å². The van der Waals surface area contributed by atoms with Crippen LogP contribution in [0.2, 0.25) is 0 Å². The number of carbonyl (C=O) groups excluding carboxylic acids is 1. The average molecular weight is 220 g/mol. The average Bonchev–Trinajstić information content (AvgIpc) is 2.30. The molecule has 86 valence electrons. The lowest BCUT2D eigenvalue weighted by Gasteiger charge is -2.29. The zero-order valence-corrected chi connectivity index (χ0v) is 9.43. The Labute approximate surface area is 95.2 Å². The van der Waals surface area contributed by atoms with Crippen molar-refractivity contribution in [2.24, 2.45) is 0 Å². The van der Waals surface area contributed by atoms with E-state index in [1.807, 2.05) is 19.2 Å². The van der Waals surface area contributed by atoms with E-state index in [0.717, 1.165) is 12.1 Å². The first kappa shape index (κ1) is 11.2. The summed E-state index contributed by atoms with van der Waals surface area (Å²) < 4.78 is 5.48. The lowest BCUT2D eigenvalue weighted by Crippen LogP contribution is -2.44. The van der Waals surface area contributed by atoms with Gasteiger partial charge in [0.1, 0.15) is 6.10 Å². The van der Waals surface area contributed by atoms with E-state index in [9.17, 15) is 4.79 Å². The number of carbonyl (C=O) groups is 1. The van der Waals surface area contributed by atoms with E-state index in [-0.39, 0.29) is 11.9 Å². The van der Waals surface area contributed by atoms with Crippen molar-refractivity contribution >= 4 is 5.78 Å². The van der Waals surface area contributed by atoms with Crippen LogP contribution in [-0.4, -0.2) is 48.5 Å². The van der Waals surface area contributed by atoms with Crippen LogP contribution in [-0.2, 0) is 16.0 Å². The van der Waals surface area contributed by atoms with E-state index >= 15 is 0 Å². The lowest BCUT2D eigenvalue weighted by atomic mass is 10.1. The standard InChI is InChI=1S/C12H16N2O2/c1-14-6-7-16-12(9-14)11(15)8-10-2-4-13-5-3-10/h2-5,12H,6-9H2,1H3. The molecule has 1 unspecified atom stereocenters. The summed E-state index contributed by atoms with van der Waals surface area (Å²) in [5.41, 5.74) is 0.997. The van der Waals surface area contributed by atoms with Crippen molar-refractivity contribution in [1.82, 2.24) is 9.88 Å². The molecule has 4 heteroatoms. The SMILES string of the molecule is CN1CCOC(C(=O)Cc2ccncc2)C1. The normalized spacial score (nSPS) is 21.9. The molecule has 0 aromatic carbocycles. The maximum absolute atomic E-state index is 11.9. The van der Waals surface area contributed by atoms with Gasteiger partial charge in [-0.3, -0.25) is 9.78 Å². The fraction of sp³-hybridized carbons (Fsp3) is 0.500. The molecule has 0 bridgehead atoms. The van der Waals surface area contributed by atoms with Gasteiger partial charge < -0.3 is 9.64 Å². The predicted molar refractivity (Wildman–Crippen MR) is 60.2 cm³/mol. The van der Waals surface area contributed by atoms with Crippen LogP contribution in [0.1, 0.15) is 5.56 Å². The Morgan fingerprint density at radius 3 is 3.00 bits per heavy atom. The van der Waals surface area contributed by atoms with Crippen LogP contribution in [0, 0.1) is 0 Å². The Bertz CT molecular complexity index is 353. The van der Waals surface area contributed by atoms with Gasteiger partial charge in [0, 0.05) is 31.9 Å². The van der Waals surface area contributed by atoms with Crippen molar-refractivity contribution in [2.45, 2.75) is 12.5 Å². The Hall–Kier alpha value is -1.26. The Morgan fingerprint density at radius 2 is 2.31 bits per heavy atom. The summed E-state index contributed by atoms with van der Waals surface area (Å²) in [4.78, 5) is 18.0. The van der Waals surface area contributed by atoms with Gasteiger partial charge in [0.15, 0.2) is 5.78 Å². The highest BCUT2D eigenvalue weighted by Crippen LogP contribution is 2.08. The van der Waals surface area contributed by atoms with Gasteiger partial charge >= 0.3 is 0 Å². The summed E-state index contributed by atoms with van der Waals surface area (Å²) in [6.45, 7) is 2.24. The predicted octanol–water partition coefficient (Wildman–Crippen LogP) is 0.524. The van der Waals surface area contributed by atoms with Gasteiger partial charge in [-0.15, -0.1) is 0 Å². The van der Waals surface area contributed by atoms with Crippen molar-refractivity contribution in [3.05, 3.63) is 30.1 Å². The molecule has 16 heavy (non-hydrogen) atoms. The van der Waals surface area contributed by atoms with Crippen LogP contribution in [0.5, 0.6) is 0 Å². The third-order valence-electron chi connectivity index (χ3n) is 2.76. The van der Waals surface area contributed by atoms with Gasteiger partial charge in [0.2, 0.25) is 0 Å².